The molecule has 0 aliphatic carbocycles. The van der Waals surface area contributed by atoms with Crippen molar-refractivity contribution in [3.05, 3.63) is 56.8 Å². The zero-order valence-electron chi connectivity index (χ0n) is 19.7. The first-order valence-electron chi connectivity index (χ1n) is 11.1. The zero-order valence-corrected chi connectivity index (χ0v) is 19.7. The Morgan fingerprint density at radius 2 is 2.06 bits per heavy atom. The van der Waals surface area contributed by atoms with Crippen LogP contribution in [-0.2, 0) is 13.6 Å². The second kappa shape index (κ2) is 9.72. The van der Waals surface area contributed by atoms with E-state index >= 15 is 0 Å². The van der Waals surface area contributed by atoms with Gasteiger partial charge in [0.25, 0.3) is 11.5 Å². The quantitative estimate of drug-likeness (QED) is 0.513. The Morgan fingerprint density at radius 3 is 2.71 bits per heavy atom. The van der Waals surface area contributed by atoms with Crippen LogP contribution in [0.1, 0.15) is 32.9 Å². The summed E-state index contributed by atoms with van der Waals surface area (Å²) in [5, 5.41) is 6.98. The molecule has 0 bridgehead atoms. The Morgan fingerprint density at radius 1 is 1.29 bits per heavy atom. The third kappa shape index (κ3) is 4.98. The van der Waals surface area contributed by atoms with Crippen LogP contribution in [0.5, 0.6) is 6.01 Å². The third-order valence-electron chi connectivity index (χ3n) is 5.87. The van der Waals surface area contributed by atoms with Gasteiger partial charge in [0.05, 0.1) is 11.4 Å². The van der Waals surface area contributed by atoms with Gasteiger partial charge in [-0.05, 0) is 38.5 Å². The van der Waals surface area contributed by atoms with Crippen LogP contribution in [-0.4, -0.2) is 68.0 Å². The van der Waals surface area contributed by atoms with Crippen molar-refractivity contribution >= 4 is 5.91 Å². The molecule has 0 aromatic carbocycles. The molecule has 3 aromatic heterocycles. The van der Waals surface area contributed by atoms with Gasteiger partial charge in [-0.15, -0.1) is 0 Å². The molecular weight excluding hydrogens is 441 g/mol. The van der Waals surface area contributed by atoms with E-state index in [2.05, 4.69) is 25.4 Å². The summed E-state index contributed by atoms with van der Waals surface area (Å²) in [4.78, 5) is 39.0. The molecule has 180 valence electrons. The molecule has 2 N–H and O–H groups in total. The molecule has 1 aliphatic rings. The van der Waals surface area contributed by atoms with E-state index < -0.39 is 12.1 Å². The molecule has 3 aromatic rings. The highest BCUT2D eigenvalue weighted by atomic mass is 19.1. The molecule has 4 rings (SSSR count). The summed E-state index contributed by atoms with van der Waals surface area (Å²) >= 11 is 0. The molecule has 0 unspecified atom stereocenters. The van der Waals surface area contributed by atoms with Crippen LogP contribution < -0.4 is 15.6 Å². The molecule has 1 amide bonds. The predicted octanol–water partition coefficient (Wildman–Crippen LogP) is 1.45. The molecule has 4 heterocycles. The van der Waals surface area contributed by atoms with Crippen molar-refractivity contribution in [2.45, 2.75) is 33.5 Å². The fourth-order valence-corrected chi connectivity index (χ4v) is 3.95. The summed E-state index contributed by atoms with van der Waals surface area (Å²) in [5.74, 6) is -0.449. The van der Waals surface area contributed by atoms with Gasteiger partial charge in [0, 0.05) is 56.2 Å². The van der Waals surface area contributed by atoms with Gasteiger partial charge >= 0.3 is 6.01 Å². The summed E-state index contributed by atoms with van der Waals surface area (Å²) in [5.41, 5.74) is 3.73. The van der Waals surface area contributed by atoms with Crippen LogP contribution in [0.2, 0.25) is 0 Å². The number of H-pyrrole nitrogens is 1. The second-order valence-electron chi connectivity index (χ2n) is 8.50. The van der Waals surface area contributed by atoms with Crippen molar-refractivity contribution in [3.8, 4) is 17.4 Å². The summed E-state index contributed by atoms with van der Waals surface area (Å²) < 4.78 is 20.4. The van der Waals surface area contributed by atoms with Crippen LogP contribution in [0.4, 0.5) is 4.39 Å². The minimum atomic E-state index is -0.785. The fraction of sp³-hybridized carbons (Fsp3) is 0.435. The van der Waals surface area contributed by atoms with E-state index in [4.69, 9.17) is 4.74 Å². The molecule has 0 atom stereocenters. The Labute approximate surface area is 196 Å². The number of carbonyl (C=O) groups is 1. The van der Waals surface area contributed by atoms with Gasteiger partial charge in [0.1, 0.15) is 18.5 Å². The lowest BCUT2D eigenvalue weighted by atomic mass is 10.1. The van der Waals surface area contributed by atoms with Gasteiger partial charge in [-0.25, -0.2) is 4.39 Å². The number of nitrogens with one attached hydrogen (secondary N) is 2. The monoisotopic (exact) mass is 469 g/mol. The normalized spacial score (nSPS) is 14.1. The first-order valence-corrected chi connectivity index (χ1v) is 11.1. The lowest BCUT2D eigenvalue weighted by molar-refractivity contribution is 0.0526. The summed E-state index contributed by atoms with van der Waals surface area (Å²) in [7, 11) is 1.78. The van der Waals surface area contributed by atoms with E-state index in [0.29, 0.717) is 42.1 Å². The molecule has 1 fully saturated rings. The number of carbonyl (C=O) groups excluding carboxylic acids is 1. The van der Waals surface area contributed by atoms with Crippen LogP contribution in [0, 0.1) is 20.8 Å². The van der Waals surface area contributed by atoms with E-state index in [-0.39, 0.29) is 30.4 Å². The smallest absolute Gasteiger partial charge is 0.317 e. The molecule has 1 aliphatic heterocycles. The highest BCUT2D eigenvalue weighted by Crippen LogP contribution is 2.25. The number of ether oxygens (including phenoxy) is 1. The number of rotatable bonds is 8. The highest BCUT2D eigenvalue weighted by molar-refractivity contribution is 5.95. The number of aromatic nitrogens is 5. The van der Waals surface area contributed by atoms with Crippen molar-refractivity contribution in [2.75, 3.05) is 26.2 Å². The fourth-order valence-electron chi connectivity index (χ4n) is 3.95. The lowest BCUT2D eigenvalue weighted by Gasteiger charge is -2.33. The van der Waals surface area contributed by atoms with E-state index in [1.165, 1.54) is 0 Å². The minimum absolute atomic E-state index is 0.0497. The molecule has 0 spiro atoms. The average molecular weight is 470 g/mol. The number of aryl methyl sites for hydroxylation is 3. The molecule has 11 heteroatoms. The largest absolute Gasteiger partial charge is 0.462 e. The van der Waals surface area contributed by atoms with Crippen molar-refractivity contribution in [1.29, 1.82) is 0 Å². The average Bonchev–Trinajstić information content (AvgIpc) is 3.18. The van der Waals surface area contributed by atoms with Gasteiger partial charge in [-0.2, -0.15) is 15.1 Å². The number of pyridine rings is 1. The van der Waals surface area contributed by atoms with Crippen LogP contribution in [0.3, 0.4) is 0 Å². The number of likely N-dealkylation sites (tertiary alicyclic amines) is 1. The molecular formula is C23H28FN7O3. The molecule has 34 heavy (non-hydrogen) atoms. The Kier molecular flexibility index (Phi) is 6.73. The minimum Gasteiger partial charge on any atom is -0.462 e. The number of aromatic amines is 1. The zero-order chi connectivity index (χ0) is 24.4. The predicted molar refractivity (Wildman–Crippen MR) is 124 cm³/mol. The van der Waals surface area contributed by atoms with E-state index in [9.17, 15) is 14.0 Å². The van der Waals surface area contributed by atoms with Crippen molar-refractivity contribution in [1.82, 2.24) is 34.9 Å². The molecule has 10 nitrogen and oxygen atoms in total. The number of hydrogen-bond donors (Lipinski definition) is 2. The van der Waals surface area contributed by atoms with E-state index in [0.717, 1.165) is 11.3 Å². The number of hydrogen-bond acceptors (Lipinski definition) is 7. The first kappa shape index (κ1) is 23.6. The van der Waals surface area contributed by atoms with Crippen molar-refractivity contribution < 1.29 is 13.9 Å². The molecule has 0 radical (unpaired) electrons. The SMILES string of the molecule is Cc1cc(C)c(CNC(=O)c2nc(OCCN3CC(F)C3)nc(-c3ccnn3C)c2C)c(=O)[nH]1. The van der Waals surface area contributed by atoms with E-state index in [1.54, 1.807) is 37.8 Å². The maximum atomic E-state index is 13.1. The third-order valence-corrected chi connectivity index (χ3v) is 5.87. The first-order chi connectivity index (χ1) is 16.2. The standard InChI is InChI=1S/C23H28FN7O3/c1-13-9-14(2)27-21(32)17(13)10-25-22(33)20-15(3)19(18-5-6-26-30(18)4)28-23(29-20)34-8-7-31-11-16(24)12-31/h5-6,9,16H,7-8,10-12H2,1-4H3,(H,25,33)(H,27,32). The maximum Gasteiger partial charge on any atom is 0.317 e. The number of nitrogens with zero attached hydrogens (tertiary/aromatic N) is 5. The lowest BCUT2D eigenvalue weighted by Crippen LogP contribution is -2.49. The molecule has 0 saturated carbocycles. The number of halogens is 1. The number of alkyl halides is 1. The summed E-state index contributed by atoms with van der Waals surface area (Å²) in [6.45, 7) is 7.03. The van der Waals surface area contributed by atoms with Crippen molar-refractivity contribution in [2.24, 2.45) is 7.05 Å². The van der Waals surface area contributed by atoms with Gasteiger partial charge < -0.3 is 15.0 Å². The van der Waals surface area contributed by atoms with Crippen molar-refractivity contribution in [3.63, 3.8) is 0 Å². The van der Waals surface area contributed by atoms with Gasteiger partial charge in [-0.1, -0.05) is 0 Å². The van der Waals surface area contributed by atoms with Gasteiger partial charge in [-0.3, -0.25) is 19.2 Å². The van der Waals surface area contributed by atoms with Crippen LogP contribution in [0.25, 0.3) is 11.4 Å². The Bertz CT molecular complexity index is 1260. The van der Waals surface area contributed by atoms with E-state index in [1.807, 2.05) is 17.9 Å². The Hall–Kier alpha value is -3.60. The number of amides is 1. The van der Waals surface area contributed by atoms with Crippen LogP contribution >= 0.6 is 0 Å². The Balaban J connectivity index is 1.57. The second-order valence-corrected chi connectivity index (χ2v) is 8.50. The van der Waals surface area contributed by atoms with Gasteiger partial charge in [0.15, 0.2) is 0 Å². The highest BCUT2D eigenvalue weighted by Gasteiger charge is 2.26. The molecule has 1 saturated heterocycles. The topological polar surface area (TPSA) is 118 Å². The maximum absolute atomic E-state index is 13.1. The van der Waals surface area contributed by atoms with Gasteiger partial charge in [0.2, 0.25) is 0 Å². The summed E-state index contributed by atoms with van der Waals surface area (Å²) in [6.07, 6.45) is 0.854. The van der Waals surface area contributed by atoms with Crippen LogP contribution in [0.15, 0.2) is 23.1 Å². The summed E-state index contributed by atoms with van der Waals surface area (Å²) in [6, 6.07) is 3.69.